The van der Waals surface area contributed by atoms with Gasteiger partial charge in [0.2, 0.25) is 5.91 Å². The van der Waals surface area contributed by atoms with Crippen LogP contribution in [0.4, 0.5) is 0 Å². The molecule has 0 bridgehead atoms. The molecule has 0 unspecified atom stereocenters. The molecule has 0 saturated carbocycles. The van der Waals surface area contributed by atoms with Gasteiger partial charge >= 0.3 is 0 Å². The Labute approximate surface area is 141 Å². The lowest BCUT2D eigenvalue weighted by Gasteiger charge is -2.28. The number of likely N-dealkylation sites (N-methyl/N-ethyl adjacent to an activating group) is 1. The summed E-state index contributed by atoms with van der Waals surface area (Å²) in [6.07, 6.45) is 3.42. The predicted molar refractivity (Wildman–Crippen MR) is 94.2 cm³/mol. The van der Waals surface area contributed by atoms with Crippen molar-refractivity contribution < 1.29 is 9.53 Å². The molecule has 2 aromatic rings. The second kappa shape index (κ2) is 7.18. The van der Waals surface area contributed by atoms with Crippen molar-refractivity contribution in [2.45, 2.75) is 38.8 Å². The molecule has 1 fully saturated rings. The fourth-order valence-corrected chi connectivity index (χ4v) is 3.28. The highest BCUT2D eigenvalue weighted by Crippen LogP contribution is 2.15. The normalized spacial score (nSPS) is 17.8. The minimum Gasteiger partial charge on any atom is -0.376 e. The number of aromatic nitrogens is 1. The molecule has 0 N–H and O–H groups in total. The van der Waals surface area contributed by atoms with E-state index in [2.05, 4.69) is 0 Å². The smallest absolute Gasteiger partial charge is 0.242 e. The summed E-state index contributed by atoms with van der Waals surface area (Å²) < 4.78 is 7.63. The van der Waals surface area contributed by atoms with E-state index in [9.17, 15) is 9.59 Å². The van der Waals surface area contributed by atoms with E-state index in [0.29, 0.717) is 11.9 Å². The topological polar surface area (TPSA) is 51.5 Å². The van der Waals surface area contributed by atoms with Crippen molar-refractivity contribution in [2.24, 2.45) is 0 Å². The molecule has 1 atom stereocenters. The molecule has 5 heteroatoms. The maximum Gasteiger partial charge on any atom is 0.242 e. The van der Waals surface area contributed by atoms with E-state index in [0.717, 1.165) is 37.1 Å². The summed E-state index contributed by atoms with van der Waals surface area (Å²) >= 11 is 0. The van der Waals surface area contributed by atoms with E-state index in [1.165, 1.54) is 0 Å². The number of amides is 1. The number of nitrogens with zero attached hydrogens (tertiary/aromatic N) is 2. The van der Waals surface area contributed by atoms with Crippen LogP contribution in [-0.4, -0.2) is 41.7 Å². The van der Waals surface area contributed by atoms with E-state index in [1.54, 1.807) is 17.0 Å². The van der Waals surface area contributed by atoms with E-state index in [4.69, 9.17) is 4.74 Å². The second-order valence-electron chi connectivity index (χ2n) is 6.52. The molecule has 1 aliphatic heterocycles. The highest BCUT2D eigenvalue weighted by atomic mass is 16.5. The summed E-state index contributed by atoms with van der Waals surface area (Å²) in [5, 5.41) is 0.647. The molecule has 5 nitrogen and oxygen atoms in total. The Balaban J connectivity index is 1.79. The lowest BCUT2D eigenvalue weighted by atomic mass is 10.1. The van der Waals surface area contributed by atoms with Gasteiger partial charge in [0.1, 0.15) is 6.54 Å². The second-order valence-corrected chi connectivity index (χ2v) is 6.52. The Morgan fingerprint density at radius 2 is 2.12 bits per heavy atom. The van der Waals surface area contributed by atoms with Crippen molar-refractivity contribution in [3.8, 4) is 0 Å². The van der Waals surface area contributed by atoms with Crippen LogP contribution in [0.25, 0.3) is 10.9 Å². The number of aryl methyl sites for hydroxylation is 1. The Hall–Kier alpha value is -2.14. The number of hydrogen-bond donors (Lipinski definition) is 0. The molecular weight excluding hydrogens is 304 g/mol. The molecule has 24 heavy (non-hydrogen) atoms. The van der Waals surface area contributed by atoms with Gasteiger partial charge in [-0.25, -0.2) is 0 Å². The van der Waals surface area contributed by atoms with E-state index >= 15 is 0 Å². The predicted octanol–water partition coefficient (Wildman–Crippen LogP) is 2.34. The summed E-state index contributed by atoms with van der Waals surface area (Å²) in [5.74, 6) is 0.0288. The van der Waals surface area contributed by atoms with Crippen molar-refractivity contribution >= 4 is 16.8 Å². The van der Waals surface area contributed by atoms with Gasteiger partial charge in [-0.1, -0.05) is 12.1 Å². The summed E-state index contributed by atoms with van der Waals surface area (Å²) in [6, 6.07) is 9.03. The molecule has 2 heterocycles. The van der Waals surface area contributed by atoms with Crippen molar-refractivity contribution in [2.75, 3.05) is 20.2 Å². The summed E-state index contributed by atoms with van der Waals surface area (Å²) in [4.78, 5) is 26.5. The first-order valence-corrected chi connectivity index (χ1v) is 8.51. The Bertz CT molecular complexity index is 791. The quantitative estimate of drug-likeness (QED) is 0.865. The number of fused-ring (bicyclic) bond motifs is 1. The van der Waals surface area contributed by atoms with Crippen molar-refractivity contribution in [1.82, 2.24) is 9.47 Å². The Morgan fingerprint density at radius 3 is 2.88 bits per heavy atom. The van der Waals surface area contributed by atoms with Crippen LogP contribution in [0.2, 0.25) is 0 Å². The molecule has 1 amide bonds. The van der Waals surface area contributed by atoms with Gasteiger partial charge in [0, 0.05) is 37.3 Å². The van der Waals surface area contributed by atoms with Crippen LogP contribution in [0.3, 0.4) is 0 Å². The number of benzene rings is 1. The van der Waals surface area contributed by atoms with Gasteiger partial charge in [0.15, 0.2) is 5.43 Å². The van der Waals surface area contributed by atoms with E-state index in [-0.39, 0.29) is 24.0 Å². The molecule has 1 aromatic carbocycles. The van der Waals surface area contributed by atoms with Crippen molar-refractivity contribution in [3.63, 3.8) is 0 Å². The first-order valence-electron chi connectivity index (χ1n) is 8.51. The van der Waals surface area contributed by atoms with Gasteiger partial charge < -0.3 is 14.2 Å². The fourth-order valence-electron chi connectivity index (χ4n) is 3.28. The molecule has 1 saturated heterocycles. The standard InChI is InChI=1S/C19H24N2O3/c1-14-11-18(22)16-8-3-4-9-17(16)21(14)13-19(23)20(2)12-15-7-5-6-10-24-15/h3-4,8-9,11,15H,5-7,10,12-13H2,1-2H3/t15-/m1/s1. The number of carbonyl (C=O) groups excluding carboxylic acids is 1. The van der Waals surface area contributed by atoms with Gasteiger partial charge in [0.25, 0.3) is 0 Å². The third-order valence-electron chi connectivity index (χ3n) is 4.70. The van der Waals surface area contributed by atoms with Gasteiger partial charge in [0.05, 0.1) is 11.6 Å². The van der Waals surface area contributed by atoms with Crippen LogP contribution in [0, 0.1) is 6.92 Å². The summed E-state index contributed by atoms with van der Waals surface area (Å²) in [5.41, 5.74) is 1.60. The SMILES string of the molecule is Cc1cc(=O)c2ccccc2n1CC(=O)N(C)C[C@H]1CCCCO1. The van der Waals surface area contributed by atoms with Crippen molar-refractivity contribution in [3.05, 3.63) is 46.2 Å². The monoisotopic (exact) mass is 328 g/mol. The fraction of sp³-hybridized carbons (Fsp3) is 0.474. The van der Waals surface area contributed by atoms with Gasteiger partial charge in [-0.2, -0.15) is 0 Å². The molecule has 3 rings (SSSR count). The summed E-state index contributed by atoms with van der Waals surface area (Å²) in [7, 11) is 1.82. The Kier molecular flexibility index (Phi) is 5.00. The first kappa shape index (κ1) is 16.7. The third kappa shape index (κ3) is 3.51. The third-order valence-corrected chi connectivity index (χ3v) is 4.70. The number of carbonyl (C=O) groups is 1. The lowest BCUT2D eigenvalue weighted by molar-refractivity contribution is -0.132. The van der Waals surface area contributed by atoms with Crippen LogP contribution in [0.15, 0.2) is 35.1 Å². The molecule has 0 spiro atoms. The molecule has 1 aromatic heterocycles. The maximum absolute atomic E-state index is 12.6. The average molecular weight is 328 g/mol. The van der Waals surface area contributed by atoms with Crippen molar-refractivity contribution in [1.29, 1.82) is 0 Å². The zero-order chi connectivity index (χ0) is 17.1. The molecule has 0 radical (unpaired) electrons. The zero-order valence-corrected chi connectivity index (χ0v) is 14.3. The number of rotatable bonds is 4. The van der Waals surface area contributed by atoms with Crippen LogP contribution >= 0.6 is 0 Å². The van der Waals surface area contributed by atoms with Crippen LogP contribution in [0.1, 0.15) is 25.0 Å². The molecule has 1 aliphatic rings. The van der Waals surface area contributed by atoms with Gasteiger partial charge in [-0.05, 0) is 38.3 Å². The van der Waals surface area contributed by atoms with Crippen LogP contribution in [0.5, 0.6) is 0 Å². The largest absolute Gasteiger partial charge is 0.376 e. The minimum absolute atomic E-state index is 0.00393. The van der Waals surface area contributed by atoms with E-state index < -0.39 is 0 Å². The zero-order valence-electron chi connectivity index (χ0n) is 14.3. The minimum atomic E-state index is -0.00393. The molecule has 128 valence electrons. The highest BCUT2D eigenvalue weighted by molar-refractivity contribution is 5.82. The van der Waals surface area contributed by atoms with Gasteiger partial charge in [-0.15, -0.1) is 0 Å². The van der Waals surface area contributed by atoms with Crippen LogP contribution < -0.4 is 5.43 Å². The summed E-state index contributed by atoms with van der Waals surface area (Å²) in [6.45, 7) is 3.51. The maximum atomic E-state index is 12.6. The number of hydrogen-bond acceptors (Lipinski definition) is 3. The molecular formula is C19H24N2O3. The van der Waals surface area contributed by atoms with Crippen LogP contribution in [-0.2, 0) is 16.1 Å². The average Bonchev–Trinajstić information content (AvgIpc) is 2.59. The molecule has 0 aliphatic carbocycles. The first-order chi connectivity index (χ1) is 11.6. The number of para-hydroxylation sites is 1. The number of pyridine rings is 1. The lowest BCUT2D eigenvalue weighted by Crippen LogP contribution is -2.39. The van der Waals surface area contributed by atoms with Gasteiger partial charge in [-0.3, -0.25) is 9.59 Å². The van der Waals surface area contributed by atoms with E-state index in [1.807, 2.05) is 36.7 Å². The Morgan fingerprint density at radius 1 is 1.33 bits per heavy atom. The number of ether oxygens (including phenoxy) is 1. The highest BCUT2D eigenvalue weighted by Gasteiger charge is 2.19.